The molecule has 5 nitrogen and oxygen atoms in total. The number of alkyl halides is 3. The molecule has 0 heterocycles. The minimum Gasteiger partial charge on any atom is -0.452 e. The lowest BCUT2D eigenvalue weighted by Crippen LogP contribution is -2.28. The van der Waals surface area contributed by atoms with Crippen molar-refractivity contribution in [3.05, 3.63) is 64.2 Å². The maximum Gasteiger partial charge on any atom is 0.416 e. The lowest BCUT2D eigenvalue weighted by molar-refractivity contribution is -0.137. The third-order valence-corrected chi connectivity index (χ3v) is 3.59. The van der Waals surface area contributed by atoms with Gasteiger partial charge >= 0.3 is 12.1 Å². The number of esters is 1. The van der Waals surface area contributed by atoms with Crippen LogP contribution in [0.4, 0.5) is 18.9 Å². The van der Waals surface area contributed by atoms with Crippen molar-refractivity contribution in [2.45, 2.75) is 12.7 Å². The van der Waals surface area contributed by atoms with E-state index in [1.54, 1.807) is 24.3 Å². The van der Waals surface area contributed by atoms with E-state index in [9.17, 15) is 22.8 Å². The molecule has 3 N–H and O–H groups in total. The molecule has 9 heteroatoms. The Labute approximate surface area is 151 Å². The number of carbonyl (C=O) groups excluding carboxylic acids is 2. The molecule has 0 aliphatic carbocycles. The molecule has 26 heavy (non-hydrogen) atoms. The van der Waals surface area contributed by atoms with Gasteiger partial charge in [-0.1, -0.05) is 23.7 Å². The van der Waals surface area contributed by atoms with Crippen molar-refractivity contribution in [2.24, 2.45) is 0 Å². The summed E-state index contributed by atoms with van der Waals surface area (Å²) in [5.74, 6) is -1.56. The topological polar surface area (TPSA) is 81.4 Å². The summed E-state index contributed by atoms with van der Waals surface area (Å²) >= 11 is 5.75. The van der Waals surface area contributed by atoms with Crippen molar-refractivity contribution in [2.75, 3.05) is 12.3 Å². The van der Waals surface area contributed by atoms with E-state index in [-0.39, 0.29) is 17.8 Å². The van der Waals surface area contributed by atoms with Crippen molar-refractivity contribution in [3.63, 3.8) is 0 Å². The Morgan fingerprint density at radius 2 is 1.77 bits per heavy atom. The Hall–Kier alpha value is -2.74. The molecule has 1 amide bonds. The maximum atomic E-state index is 12.6. The molecule has 0 atom stereocenters. The van der Waals surface area contributed by atoms with E-state index in [4.69, 9.17) is 22.1 Å². The van der Waals surface area contributed by atoms with Crippen LogP contribution in [0.1, 0.15) is 21.5 Å². The van der Waals surface area contributed by atoms with Crippen LogP contribution in [0, 0.1) is 0 Å². The van der Waals surface area contributed by atoms with Gasteiger partial charge in [0.05, 0.1) is 11.1 Å². The van der Waals surface area contributed by atoms with Crippen LogP contribution < -0.4 is 11.1 Å². The van der Waals surface area contributed by atoms with Crippen LogP contribution >= 0.6 is 11.6 Å². The number of ether oxygens (including phenoxy) is 1. The quantitative estimate of drug-likeness (QED) is 0.609. The lowest BCUT2D eigenvalue weighted by Gasteiger charge is -2.11. The van der Waals surface area contributed by atoms with Crippen molar-refractivity contribution < 1.29 is 27.5 Å². The molecule has 0 spiro atoms. The number of carbonyl (C=O) groups is 2. The van der Waals surface area contributed by atoms with Gasteiger partial charge in [0.15, 0.2) is 6.61 Å². The van der Waals surface area contributed by atoms with Crippen molar-refractivity contribution in [1.29, 1.82) is 0 Å². The molecule has 0 aromatic heterocycles. The summed E-state index contributed by atoms with van der Waals surface area (Å²) in [6.45, 7) is -0.386. The molecule has 0 unspecified atom stereocenters. The summed E-state index contributed by atoms with van der Waals surface area (Å²) in [7, 11) is 0. The number of nitrogens with one attached hydrogen (secondary N) is 1. The first kappa shape index (κ1) is 19.6. The highest BCUT2D eigenvalue weighted by atomic mass is 35.5. The number of hydrogen-bond acceptors (Lipinski definition) is 4. The Kier molecular flexibility index (Phi) is 6.10. The summed E-state index contributed by atoms with van der Waals surface area (Å²) < 4.78 is 42.5. The predicted molar refractivity (Wildman–Crippen MR) is 89.4 cm³/mol. The number of halogens is 4. The van der Waals surface area contributed by atoms with Gasteiger partial charge in [-0.3, -0.25) is 4.79 Å². The molecular formula is C17H14ClF3N2O3. The van der Waals surface area contributed by atoms with Crippen molar-refractivity contribution >= 4 is 29.2 Å². The highest BCUT2D eigenvalue weighted by Crippen LogP contribution is 2.31. The Morgan fingerprint density at radius 3 is 2.35 bits per heavy atom. The molecule has 0 bridgehead atoms. The minimum absolute atomic E-state index is 0.204. The summed E-state index contributed by atoms with van der Waals surface area (Å²) in [6.07, 6.45) is -4.57. The zero-order valence-corrected chi connectivity index (χ0v) is 14.0. The fraction of sp³-hybridized carbons (Fsp3) is 0.176. The molecule has 2 rings (SSSR count). The fourth-order valence-electron chi connectivity index (χ4n) is 1.99. The number of rotatable bonds is 5. The van der Waals surface area contributed by atoms with Gasteiger partial charge in [-0.15, -0.1) is 0 Å². The maximum absolute atomic E-state index is 12.6. The first-order valence-electron chi connectivity index (χ1n) is 7.32. The minimum atomic E-state index is -4.57. The van der Waals surface area contributed by atoms with Crippen LogP contribution in [0.3, 0.4) is 0 Å². The Bertz CT molecular complexity index is 808. The number of amides is 1. The van der Waals surface area contributed by atoms with Crippen molar-refractivity contribution in [1.82, 2.24) is 5.32 Å². The molecule has 0 aliphatic heterocycles. The average molecular weight is 387 g/mol. The predicted octanol–water partition coefficient (Wildman–Crippen LogP) is 3.41. The highest BCUT2D eigenvalue weighted by Gasteiger charge is 2.31. The number of nitrogen functional groups attached to an aromatic ring is 1. The van der Waals surface area contributed by atoms with Crippen LogP contribution in [-0.2, 0) is 22.3 Å². The normalized spacial score (nSPS) is 11.1. The van der Waals surface area contributed by atoms with E-state index in [1.807, 2.05) is 0 Å². The fourth-order valence-corrected chi connectivity index (χ4v) is 2.11. The first-order chi connectivity index (χ1) is 12.2. The van der Waals surface area contributed by atoms with Gasteiger partial charge in [-0.2, -0.15) is 13.2 Å². The van der Waals surface area contributed by atoms with Gasteiger partial charge in [0.25, 0.3) is 5.91 Å². The van der Waals surface area contributed by atoms with Gasteiger partial charge < -0.3 is 15.8 Å². The van der Waals surface area contributed by atoms with E-state index in [0.29, 0.717) is 17.2 Å². The second-order valence-electron chi connectivity index (χ2n) is 5.28. The molecule has 0 saturated carbocycles. The van der Waals surface area contributed by atoms with Crippen molar-refractivity contribution in [3.8, 4) is 0 Å². The number of anilines is 1. The van der Waals surface area contributed by atoms with E-state index in [0.717, 1.165) is 11.6 Å². The zero-order valence-electron chi connectivity index (χ0n) is 13.3. The monoisotopic (exact) mass is 386 g/mol. The first-order valence-corrected chi connectivity index (χ1v) is 7.69. The lowest BCUT2D eigenvalue weighted by atomic mass is 10.1. The molecule has 0 aliphatic rings. The second-order valence-corrected chi connectivity index (χ2v) is 5.72. The summed E-state index contributed by atoms with van der Waals surface area (Å²) in [5.41, 5.74) is 4.64. The van der Waals surface area contributed by atoms with Gasteiger partial charge in [0, 0.05) is 17.3 Å². The summed E-state index contributed by atoms with van der Waals surface area (Å²) in [5, 5.41) is 3.09. The standard InChI is InChI=1S/C17H14ClF3N2O3/c18-12-4-1-10(2-5-12)8-23-15(24)9-26-16(25)13-6-3-11(7-14(13)22)17(19,20)21/h1-7H,8-9,22H2,(H,23,24). The second kappa shape index (κ2) is 8.09. The Morgan fingerprint density at radius 1 is 1.12 bits per heavy atom. The van der Waals surface area contributed by atoms with Crippen LogP contribution in [0.5, 0.6) is 0 Å². The molecule has 0 saturated heterocycles. The molecule has 0 radical (unpaired) electrons. The third kappa shape index (κ3) is 5.38. The van der Waals surface area contributed by atoms with Crippen LogP contribution in [-0.4, -0.2) is 18.5 Å². The molecule has 0 fully saturated rings. The van der Waals surface area contributed by atoms with Crippen LogP contribution in [0.2, 0.25) is 5.02 Å². The van der Waals surface area contributed by atoms with Gasteiger partial charge in [-0.05, 0) is 35.9 Å². The molecule has 2 aromatic carbocycles. The average Bonchev–Trinajstić information content (AvgIpc) is 2.58. The molecule has 2 aromatic rings. The smallest absolute Gasteiger partial charge is 0.416 e. The van der Waals surface area contributed by atoms with Crippen LogP contribution in [0.25, 0.3) is 0 Å². The summed E-state index contributed by atoms with van der Waals surface area (Å²) in [4.78, 5) is 23.6. The molecular weight excluding hydrogens is 373 g/mol. The van der Waals surface area contributed by atoms with E-state index in [1.165, 1.54) is 0 Å². The SMILES string of the molecule is Nc1cc(C(F)(F)F)ccc1C(=O)OCC(=O)NCc1ccc(Cl)cc1. The van der Waals surface area contributed by atoms with E-state index >= 15 is 0 Å². The highest BCUT2D eigenvalue weighted by molar-refractivity contribution is 6.30. The number of benzene rings is 2. The van der Waals surface area contributed by atoms with Gasteiger partial charge in [0.1, 0.15) is 0 Å². The summed E-state index contributed by atoms with van der Waals surface area (Å²) in [6, 6.07) is 9.03. The van der Waals surface area contributed by atoms with Gasteiger partial charge in [0.2, 0.25) is 0 Å². The van der Waals surface area contributed by atoms with E-state index in [2.05, 4.69) is 5.32 Å². The molecule has 138 valence electrons. The van der Waals surface area contributed by atoms with Gasteiger partial charge in [-0.25, -0.2) is 4.79 Å². The number of nitrogens with two attached hydrogens (primary N) is 1. The Balaban J connectivity index is 1.87. The third-order valence-electron chi connectivity index (χ3n) is 3.34. The van der Waals surface area contributed by atoms with Crippen LogP contribution in [0.15, 0.2) is 42.5 Å². The van der Waals surface area contributed by atoms with E-state index < -0.39 is 30.2 Å². The largest absolute Gasteiger partial charge is 0.452 e. The number of hydrogen-bond donors (Lipinski definition) is 2. The zero-order chi connectivity index (χ0) is 19.3.